The molecule has 3 heterocycles. The van der Waals surface area contributed by atoms with Crippen LogP contribution in [-0.2, 0) is 23.6 Å². The number of para-hydroxylation sites is 2. The first-order chi connectivity index (χ1) is 16.1. The fraction of sp³-hybridized carbons (Fsp3) is 0.400. The number of aryl methyl sites for hydroxylation is 1. The van der Waals surface area contributed by atoms with E-state index in [0.717, 1.165) is 4.57 Å². The van der Waals surface area contributed by atoms with Crippen LogP contribution in [0.2, 0.25) is 0 Å². The number of aromatic nitrogens is 4. The van der Waals surface area contributed by atoms with Crippen molar-refractivity contribution in [2.45, 2.75) is 6.18 Å². The summed E-state index contributed by atoms with van der Waals surface area (Å²) in [6, 6.07) is 6.25. The Balaban J connectivity index is 1.86. The Morgan fingerprint density at radius 1 is 1.12 bits per heavy atom. The second-order valence-corrected chi connectivity index (χ2v) is 7.52. The van der Waals surface area contributed by atoms with Crippen LogP contribution in [0.3, 0.4) is 0 Å². The molecule has 4 rings (SSSR count). The average molecular weight is 482 g/mol. The lowest BCUT2D eigenvalue weighted by atomic mass is 10.2. The molecule has 1 fully saturated rings. The van der Waals surface area contributed by atoms with Gasteiger partial charge in [-0.1, -0.05) is 12.1 Å². The van der Waals surface area contributed by atoms with E-state index in [9.17, 15) is 27.6 Å². The van der Waals surface area contributed by atoms with Gasteiger partial charge in [0.2, 0.25) is 12.7 Å². The summed E-state index contributed by atoms with van der Waals surface area (Å²) in [4.78, 5) is 43.1. The highest BCUT2D eigenvalue weighted by molar-refractivity contribution is 5.79. The van der Waals surface area contributed by atoms with Gasteiger partial charge in [0.1, 0.15) is 5.75 Å². The fourth-order valence-corrected chi connectivity index (χ4v) is 3.68. The lowest BCUT2D eigenvalue weighted by molar-refractivity contribution is -0.205. The fourth-order valence-electron chi connectivity index (χ4n) is 3.68. The van der Waals surface area contributed by atoms with E-state index in [1.54, 1.807) is 18.2 Å². The molecule has 2 aromatic heterocycles. The van der Waals surface area contributed by atoms with Crippen LogP contribution in [0.5, 0.6) is 5.75 Å². The maximum absolute atomic E-state index is 13.1. The molecule has 1 aromatic carbocycles. The molecule has 0 amide bonds. The van der Waals surface area contributed by atoms with Gasteiger partial charge < -0.3 is 19.7 Å². The van der Waals surface area contributed by atoms with Crippen molar-refractivity contribution < 1.29 is 27.4 Å². The Kier molecular flexibility index (Phi) is 6.08. The molecule has 0 aliphatic carbocycles. The highest BCUT2D eigenvalue weighted by atomic mass is 19.4. The van der Waals surface area contributed by atoms with Gasteiger partial charge in [-0.25, -0.2) is 9.59 Å². The van der Waals surface area contributed by atoms with Crippen molar-refractivity contribution in [2.75, 3.05) is 37.9 Å². The zero-order valence-electron chi connectivity index (χ0n) is 18.3. The Bertz CT molecular complexity index is 1350. The number of ether oxygens (including phenoxy) is 2. The maximum atomic E-state index is 13.1. The number of rotatable bonds is 5. The maximum Gasteiger partial charge on any atom is 0.491 e. The molecule has 182 valence electrons. The molecule has 1 N–H and O–H groups in total. The number of halogens is 3. The highest BCUT2D eigenvalue weighted by Crippen LogP contribution is 2.31. The van der Waals surface area contributed by atoms with E-state index in [0.29, 0.717) is 32.1 Å². The van der Waals surface area contributed by atoms with E-state index in [1.807, 2.05) is 4.90 Å². The number of carbonyl (C=O) groups is 1. The van der Waals surface area contributed by atoms with Crippen LogP contribution in [0.15, 0.2) is 33.9 Å². The first kappa shape index (κ1) is 23.4. The number of carbonyl (C=O) groups excluding carboxylic acids is 1. The smallest absolute Gasteiger partial charge is 0.455 e. The molecule has 0 unspecified atom stereocenters. The number of hydrogen-bond donors (Lipinski definition) is 1. The molecule has 1 aliphatic heterocycles. The normalized spacial score (nSPS) is 14.4. The molecular formula is C20H21F3N6O5. The summed E-state index contributed by atoms with van der Waals surface area (Å²) >= 11 is 0. The van der Waals surface area contributed by atoms with E-state index < -0.39 is 30.2 Å². The molecule has 3 aromatic rings. The Morgan fingerprint density at radius 2 is 1.79 bits per heavy atom. The minimum Gasteiger partial charge on any atom is -0.455 e. The van der Waals surface area contributed by atoms with E-state index in [-0.39, 0.29) is 22.6 Å². The van der Waals surface area contributed by atoms with Crippen LogP contribution < -0.4 is 26.2 Å². The number of anilines is 1. The molecule has 0 saturated carbocycles. The summed E-state index contributed by atoms with van der Waals surface area (Å²) < 4.78 is 50.5. The Morgan fingerprint density at radius 3 is 2.47 bits per heavy atom. The first-order valence-corrected chi connectivity index (χ1v) is 10.2. The predicted octanol–water partition coefficient (Wildman–Crippen LogP) is 0.274. The summed E-state index contributed by atoms with van der Waals surface area (Å²) in [5.74, 6) is -1.98. The van der Waals surface area contributed by atoms with Crippen molar-refractivity contribution in [1.82, 2.24) is 24.0 Å². The van der Waals surface area contributed by atoms with Crippen LogP contribution in [0.25, 0.3) is 16.9 Å². The third kappa shape index (κ3) is 4.11. The number of alkyl halides is 3. The summed E-state index contributed by atoms with van der Waals surface area (Å²) in [6.45, 7) is 1.44. The minimum absolute atomic E-state index is 0.0454. The van der Waals surface area contributed by atoms with E-state index in [2.05, 4.69) is 15.0 Å². The largest absolute Gasteiger partial charge is 0.491 e. The Labute approximate surface area is 189 Å². The topological polar surface area (TPSA) is 113 Å². The van der Waals surface area contributed by atoms with Crippen molar-refractivity contribution in [3.8, 4) is 11.4 Å². The van der Waals surface area contributed by atoms with E-state index in [1.165, 1.54) is 29.3 Å². The van der Waals surface area contributed by atoms with Crippen LogP contribution in [0.4, 0.5) is 19.1 Å². The summed E-state index contributed by atoms with van der Waals surface area (Å²) in [6.07, 6.45) is -5.16. The molecule has 1 aliphatic rings. The highest BCUT2D eigenvalue weighted by Gasteiger charge is 2.41. The second-order valence-electron chi connectivity index (χ2n) is 7.52. The number of fused-ring (bicyclic) bond motifs is 1. The molecule has 0 bridgehead atoms. The zero-order valence-corrected chi connectivity index (χ0v) is 18.3. The molecular weight excluding hydrogens is 461 g/mol. The molecule has 0 atom stereocenters. The van der Waals surface area contributed by atoms with Gasteiger partial charge in [0.25, 0.3) is 5.56 Å². The molecule has 11 nitrogen and oxygen atoms in total. The van der Waals surface area contributed by atoms with E-state index in [4.69, 9.17) is 4.74 Å². The molecule has 0 radical (unpaired) electrons. The van der Waals surface area contributed by atoms with Gasteiger partial charge in [-0.15, -0.1) is 0 Å². The summed E-state index contributed by atoms with van der Waals surface area (Å²) in [5, 5.41) is 3.22. The third-order valence-corrected chi connectivity index (χ3v) is 5.38. The number of nitrogens with zero attached hydrogens (tertiary/aromatic N) is 5. The van der Waals surface area contributed by atoms with Gasteiger partial charge >= 0.3 is 17.8 Å². The van der Waals surface area contributed by atoms with Crippen LogP contribution in [0, 0.1) is 0 Å². The molecule has 0 spiro atoms. The zero-order chi connectivity index (χ0) is 24.6. The van der Waals surface area contributed by atoms with Gasteiger partial charge in [0.05, 0.1) is 5.69 Å². The molecule has 1 saturated heterocycles. The monoisotopic (exact) mass is 482 g/mol. The van der Waals surface area contributed by atoms with Gasteiger partial charge in [-0.2, -0.15) is 18.2 Å². The standard InChI is InChI=1S/C20H21F3N6O5/c1-26-15-14(16(30)27(2)19(26)32)29(18(25-15)28-9-7-24-8-10-28)12-5-3-4-6-13(12)33-11-34-17(31)20(21,22)23/h3-6,24H,7-11H2,1-2H3. The van der Waals surface area contributed by atoms with Crippen molar-refractivity contribution in [2.24, 2.45) is 14.1 Å². The SMILES string of the molecule is Cn1c(=O)c2c(nc(N3CCNCC3)n2-c2ccccc2OCOC(=O)C(F)(F)F)n(C)c1=O. The second kappa shape index (κ2) is 8.85. The van der Waals surface area contributed by atoms with Crippen molar-refractivity contribution >= 4 is 23.1 Å². The number of esters is 1. The minimum atomic E-state index is -5.16. The summed E-state index contributed by atoms with van der Waals surface area (Å²) in [7, 11) is 2.83. The average Bonchev–Trinajstić information content (AvgIpc) is 3.22. The number of nitrogens with one attached hydrogen (secondary N) is 1. The quantitative estimate of drug-likeness (QED) is 0.408. The molecule has 14 heteroatoms. The number of imidazole rings is 1. The van der Waals surface area contributed by atoms with Crippen molar-refractivity contribution in [1.29, 1.82) is 0 Å². The Hall–Kier alpha value is -3.81. The van der Waals surface area contributed by atoms with Gasteiger partial charge in [-0.05, 0) is 12.1 Å². The lowest BCUT2D eigenvalue weighted by Gasteiger charge is -2.29. The van der Waals surface area contributed by atoms with E-state index >= 15 is 0 Å². The number of piperazine rings is 1. The lowest BCUT2D eigenvalue weighted by Crippen LogP contribution is -2.44. The van der Waals surface area contributed by atoms with Crippen LogP contribution in [-0.4, -0.2) is 63.8 Å². The van der Waals surface area contributed by atoms with Gasteiger partial charge in [-0.3, -0.25) is 18.5 Å². The summed E-state index contributed by atoms with van der Waals surface area (Å²) in [5.41, 5.74) is -0.665. The molecule has 34 heavy (non-hydrogen) atoms. The van der Waals surface area contributed by atoms with Crippen molar-refractivity contribution in [3.05, 3.63) is 45.1 Å². The van der Waals surface area contributed by atoms with Gasteiger partial charge in [0.15, 0.2) is 11.2 Å². The van der Waals surface area contributed by atoms with Crippen molar-refractivity contribution in [3.63, 3.8) is 0 Å². The van der Waals surface area contributed by atoms with Crippen LogP contribution >= 0.6 is 0 Å². The number of benzene rings is 1. The third-order valence-electron chi connectivity index (χ3n) is 5.38. The number of hydrogen-bond acceptors (Lipinski definition) is 8. The van der Waals surface area contributed by atoms with Gasteiger partial charge in [0, 0.05) is 40.3 Å². The predicted molar refractivity (Wildman–Crippen MR) is 114 cm³/mol. The van der Waals surface area contributed by atoms with Crippen LogP contribution in [0.1, 0.15) is 0 Å². The first-order valence-electron chi connectivity index (χ1n) is 10.2.